The van der Waals surface area contributed by atoms with Crippen LogP contribution in [0.25, 0.3) is 6.08 Å². The average Bonchev–Trinajstić information content (AvgIpc) is 2.83. The highest BCUT2D eigenvalue weighted by atomic mass is 16.5. The second-order valence-electron chi connectivity index (χ2n) is 5.03. The summed E-state index contributed by atoms with van der Waals surface area (Å²) in [5.74, 6) is 0.534. The summed E-state index contributed by atoms with van der Waals surface area (Å²) >= 11 is 0. The van der Waals surface area contributed by atoms with E-state index in [4.69, 9.17) is 4.74 Å². The maximum atomic E-state index is 12.3. The Morgan fingerprint density at radius 1 is 1.05 bits per heavy atom. The first-order chi connectivity index (χ1) is 10.2. The summed E-state index contributed by atoms with van der Waals surface area (Å²) < 4.78 is 5.88. The summed E-state index contributed by atoms with van der Waals surface area (Å²) in [6.07, 6.45) is 8.70. The Bertz CT molecular complexity index is 705. The van der Waals surface area contributed by atoms with E-state index in [9.17, 15) is 4.79 Å². The summed E-state index contributed by atoms with van der Waals surface area (Å²) in [6, 6.07) is 13.3. The quantitative estimate of drug-likeness (QED) is 0.862. The molecule has 0 radical (unpaired) electrons. The van der Waals surface area contributed by atoms with Crippen LogP contribution in [0.15, 0.2) is 72.8 Å². The van der Waals surface area contributed by atoms with Crippen LogP contribution in [0.5, 0.6) is 0 Å². The van der Waals surface area contributed by atoms with Gasteiger partial charge >= 0.3 is 0 Å². The van der Waals surface area contributed by atoms with E-state index in [1.165, 1.54) is 0 Å². The molecule has 1 aromatic carbocycles. The first-order valence-corrected chi connectivity index (χ1v) is 6.77. The smallest absolute Gasteiger partial charge is 0.207 e. The van der Waals surface area contributed by atoms with Crippen LogP contribution in [0, 0.1) is 0 Å². The molecule has 0 fully saturated rings. The second kappa shape index (κ2) is 5.37. The largest absolute Gasteiger partial charge is 0.475 e. The third-order valence-corrected chi connectivity index (χ3v) is 3.54. The molecule has 0 aliphatic carbocycles. The van der Waals surface area contributed by atoms with Crippen molar-refractivity contribution >= 4 is 11.9 Å². The molecule has 0 bridgehead atoms. The normalized spacial score (nSPS) is 21.4. The van der Waals surface area contributed by atoms with Gasteiger partial charge in [0.05, 0.1) is 0 Å². The maximum Gasteiger partial charge on any atom is 0.207 e. The highest BCUT2D eigenvalue weighted by molar-refractivity contribution is 6.00. The monoisotopic (exact) mass is 277 g/mol. The van der Waals surface area contributed by atoms with E-state index in [0.717, 1.165) is 11.1 Å². The Labute approximate surface area is 123 Å². The maximum absolute atomic E-state index is 12.3. The van der Waals surface area contributed by atoms with E-state index >= 15 is 0 Å². The van der Waals surface area contributed by atoms with Crippen molar-refractivity contribution in [1.82, 2.24) is 4.98 Å². The molecule has 0 amide bonds. The molecule has 3 nitrogen and oxygen atoms in total. The van der Waals surface area contributed by atoms with E-state index in [1.54, 1.807) is 31.5 Å². The summed E-state index contributed by atoms with van der Waals surface area (Å²) in [7, 11) is 0. The van der Waals surface area contributed by atoms with Crippen LogP contribution in [0.2, 0.25) is 0 Å². The number of hydrogen-bond donors (Lipinski definition) is 0. The zero-order valence-corrected chi connectivity index (χ0v) is 11.7. The Kier molecular flexibility index (Phi) is 3.40. The number of rotatable bonds is 3. The van der Waals surface area contributed by atoms with Crippen LogP contribution in [0.3, 0.4) is 0 Å². The predicted molar refractivity (Wildman–Crippen MR) is 81.2 cm³/mol. The number of pyridine rings is 1. The van der Waals surface area contributed by atoms with Crippen molar-refractivity contribution in [1.29, 1.82) is 0 Å². The van der Waals surface area contributed by atoms with Gasteiger partial charge in [0.1, 0.15) is 5.76 Å². The SMILES string of the molecule is CC1(c2ccccc2)OC(/C=C/c2ccncc2)=CC1=O. The van der Waals surface area contributed by atoms with Gasteiger partial charge < -0.3 is 4.74 Å². The first kappa shape index (κ1) is 13.3. The lowest BCUT2D eigenvalue weighted by Crippen LogP contribution is -2.29. The van der Waals surface area contributed by atoms with Crippen LogP contribution in [0.1, 0.15) is 18.1 Å². The third-order valence-electron chi connectivity index (χ3n) is 3.54. The summed E-state index contributed by atoms with van der Waals surface area (Å²) in [4.78, 5) is 16.2. The number of carbonyl (C=O) groups is 1. The average molecular weight is 277 g/mol. The molecule has 0 N–H and O–H groups in total. The lowest BCUT2D eigenvalue weighted by atomic mass is 9.92. The van der Waals surface area contributed by atoms with Crippen LogP contribution in [-0.2, 0) is 15.1 Å². The molecular formula is C18H15NO2. The van der Waals surface area contributed by atoms with E-state index < -0.39 is 5.60 Å². The molecule has 1 atom stereocenters. The standard InChI is InChI=1S/C18H15NO2/c1-18(15-5-3-2-4-6-15)17(20)13-16(21-18)8-7-14-9-11-19-12-10-14/h2-13H,1H3/b8-7+. The van der Waals surface area contributed by atoms with Gasteiger partial charge in [-0.15, -0.1) is 0 Å². The van der Waals surface area contributed by atoms with Crippen molar-refractivity contribution in [2.75, 3.05) is 0 Å². The molecule has 3 rings (SSSR count). The summed E-state index contributed by atoms with van der Waals surface area (Å²) in [6.45, 7) is 1.80. The van der Waals surface area contributed by atoms with E-state index in [0.29, 0.717) is 5.76 Å². The highest BCUT2D eigenvalue weighted by Crippen LogP contribution is 2.35. The number of nitrogens with zero attached hydrogens (tertiary/aromatic N) is 1. The molecule has 0 saturated heterocycles. The second-order valence-corrected chi connectivity index (χ2v) is 5.03. The number of allylic oxidation sites excluding steroid dienone is 1. The number of carbonyl (C=O) groups excluding carboxylic acids is 1. The first-order valence-electron chi connectivity index (χ1n) is 6.77. The van der Waals surface area contributed by atoms with Gasteiger partial charge in [0.2, 0.25) is 5.78 Å². The Morgan fingerprint density at radius 3 is 2.48 bits per heavy atom. The molecule has 2 aromatic rings. The third kappa shape index (κ3) is 2.63. The van der Waals surface area contributed by atoms with E-state index in [-0.39, 0.29) is 5.78 Å². The van der Waals surface area contributed by atoms with Crippen molar-refractivity contribution in [2.45, 2.75) is 12.5 Å². The number of ketones is 1. The van der Waals surface area contributed by atoms with Crippen molar-refractivity contribution in [2.24, 2.45) is 0 Å². The Morgan fingerprint density at radius 2 is 1.76 bits per heavy atom. The van der Waals surface area contributed by atoms with E-state index in [1.807, 2.05) is 48.5 Å². The van der Waals surface area contributed by atoms with Crippen LogP contribution in [0.4, 0.5) is 0 Å². The summed E-state index contributed by atoms with van der Waals surface area (Å²) in [5.41, 5.74) is 0.938. The molecule has 1 aromatic heterocycles. The highest BCUT2D eigenvalue weighted by Gasteiger charge is 2.40. The van der Waals surface area contributed by atoms with Gasteiger partial charge in [-0.1, -0.05) is 36.4 Å². The van der Waals surface area contributed by atoms with Gasteiger partial charge in [0.25, 0.3) is 0 Å². The van der Waals surface area contributed by atoms with Crippen molar-refractivity contribution in [3.8, 4) is 0 Å². The van der Waals surface area contributed by atoms with Crippen LogP contribution < -0.4 is 0 Å². The molecule has 104 valence electrons. The number of aromatic nitrogens is 1. The Hall–Kier alpha value is -2.68. The number of ether oxygens (including phenoxy) is 1. The minimum Gasteiger partial charge on any atom is -0.475 e. The Balaban J connectivity index is 1.81. The molecule has 1 aliphatic heterocycles. The van der Waals surface area contributed by atoms with Gasteiger partial charge in [-0.25, -0.2) is 0 Å². The van der Waals surface area contributed by atoms with Gasteiger partial charge in [-0.3, -0.25) is 9.78 Å². The molecule has 0 spiro atoms. The van der Waals surface area contributed by atoms with Gasteiger partial charge in [-0.2, -0.15) is 0 Å². The molecule has 1 unspecified atom stereocenters. The predicted octanol–water partition coefficient (Wildman–Crippen LogP) is 3.49. The van der Waals surface area contributed by atoms with Crippen molar-refractivity contribution in [3.05, 3.63) is 83.9 Å². The van der Waals surface area contributed by atoms with Crippen molar-refractivity contribution < 1.29 is 9.53 Å². The summed E-state index contributed by atoms with van der Waals surface area (Å²) in [5, 5.41) is 0. The molecular weight excluding hydrogens is 262 g/mol. The van der Waals surface area contributed by atoms with Crippen molar-refractivity contribution in [3.63, 3.8) is 0 Å². The fourth-order valence-electron chi connectivity index (χ4n) is 2.27. The van der Waals surface area contributed by atoms with Gasteiger partial charge in [0.15, 0.2) is 5.60 Å². The lowest BCUT2D eigenvalue weighted by molar-refractivity contribution is -0.129. The molecule has 2 heterocycles. The van der Waals surface area contributed by atoms with Gasteiger partial charge in [0, 0.05) is 24.0 Å². The molecule has 21 heavy (non-hydrogen) atoms. The number of benzene rings is 1. The lowest BCUT2D eigenvalue weighted by Gasteiger charge is -2.23. The minimum atomic E-state index is -0.931. The minimum absolute atomic E-state index is 0.0388. The van der Waals surface area contributed by atoms with Gasteiger partial charge in [-0.05, 0) is 30.7 Å². The van der Waals surface area contributed by atoms with E-state index in [2.05, 4.69) is 4.98 Å². The van der Waals surface area contributed by atoms with Crippen LogP contribution >= 0.6 is 0 Å². The zero-order chi connectivity index (χ0) is 14.7. The van der Waals surface area contributed by atoms with Crippen LogP contribution in [-0.4, -0.2) is 10.8 Å². The fraction of sp³-hybridized carbons (Fsp3) is 0.111. The fourth-order valence-corrected chi connectivity index (χ4v) is 2.27. The topological polar surface area (TPSA) is 39.2 Å². The number of hydrogen-bond acceptors (Lipinski definition) is 3. The molecule has 1 aliphatic rings. The zero-order valence-electron chi connectivity index (χ0n) is 11.7. The molecule has 3 heteroatoms. The molecule has 0 saturated carbocycles.